The molecule has 0 spiro atoms. The number of methoxy groups -OCH3 is 1. The molecule has 0 fully saturated rings. The lowest BCUT2D eigenvalue weighted by molar-refractivity contribution is -0.126. The summed E-state index contributed by atoms with van der Waals surface area (Å²) in [6.07, 6.45) is 1.17. The molecule has 3 aromatic carbocycles. The predicted octanol–water partition coefficient (Wildman–Crippen LogP) is 3.73. The second kappa shape index (κ2) is 10.1. The van der Waals surface area contributed by atoms with Crippen molar-refractivity contribution in [3.63, 3.8) is 0 Å². The van der Waals surface area contributed by atoms with Gasteiger partial charge in [0.1, 0.15) is 17.9 Å². The Kier molecular flexibility index (Phi) is 7.00. The fraction of sp³-hybridized carbons (Fsp3) is 0.174. The molecule has 7 nitrogen and oxygen atoms in total. The van der Waals surface area contributed by atoms with Gasteiger partial charge in [-0.25, -0.2) is 5.43 Å². The van der Waals surface area contributed by atoms with E-state index in [0.717, 1.165) is 16.3 Å². The molecule has 0 aliphatic heterocycles. The maximum absolute atomic E-state index is 12.1. The monoisotopic (exact) mass is 405 g/mol. The Bertz CT molecular complexity index is 1060. The number of carbonyl (C=O) groups is 2. The number of hydrogen-bond donors (Lipinski definition) is 2. The minimum Gasteiger partial charge on any atom is -0.496 e. The summed E-state index contributed by atoms with van der Waals surface area (Å²) in [6.45, 7) is 2.46. The van der Waals surface area contributed by atoms with Crippen molar-refractivity contribution < 1.29 is 19.1 Å². The van der Waals surface area contributed by atoms with E-state index in [2.05, 4.69) is 15.8 Å². The summed E-state index contributed by atoms with van der Waals surface area (Å²) in [7, 11) is 1.57. The summed E-state index contributed by atoms with van der Waals surface area (Å²) in [5, 5.41) is 8.63. The van der Waals surface area contributed by atoms with Gasteiger partial charge >= 0.3 is 0 Å². The van der Waals surface area contributed by atoms with Crippen molar-refractivity contribution in [2.24, 2.45) is 5.10 Å². The van der Waals surface area contributed by atoms with Gasteiger partial charge in [0, 0.05) is 11.3 Å². The summed E-state index contributed by atoms with van der Waals surface area (Å²) in [5.74, 6) is 0.398. The zero-order valence-electron chi connectivity index (χ0n) is 16.8. The van der Waals surface area contributed by atoms with Gasteiger partial charge in [0.2, 0.25) is 11.8 Å². The van der Waals surface area contributed by atoms with Crippen LogP contribution >= 0.6 is 0 Å². The Morgan fingerprint density at radius 1 is 1.00 bits per heavy atom. The van der Waals surface area contributed by atoms with Crippen molar-refractivity contribution in [1.82, 2.24) is 5.43 Å². The highest BCUT2D eigenvalue weighted by molar-refractivity contribution is 6.05. The van der Waals surface area contributed by atoms with Crippen LogP contribution in [0.3, 0.4) is 0 Å². The van der Waals surface area contributed by atoms with E-state index in [0.29, 0.717) is 23.8 Å². The minimum atomic E-state index is -0.520. The molecule has 0 heterocycles. The number of benzene rings is 3. The lowest BCUT2D eigenvalue weighted by Gasteiger charge is -2.08. The molecule has 0 saturated heterocycles. The number of nitrogens with zero attached hydrogens (tertiary/aromatic N) is 1. The van der Waals surface area contributed by atoms with Gasteiger partial charge in [-0.3, -0.25) is 9.59 Å². The first-order valence-corrected chi connectivity index (χ1v) is 9.51. The van der Waals surface area contributed by atoms with Gasteiger partial charge in [-0.1, -0.05) is 30.3 Å². The van der Waals surface area contributed by atoms with Crippen LogP contribution in [0.5, 0.6) is 11.5 Å². The van der Waals surface area contributed by atoms with Crippen molar-refractivity contribution in [2.45, 2.75) is 13.3 Å². The molecule has 2 amide bonds. The van der Waals surface area contributed by atoms with E-state index >= 15 is 0 Å². The van der Waals surface area contributed by atoms with E-state index in [-0.39, 0.29) is 6.42 Å². The molecule has 0 radical (unpaired) electrons. The van der Waals surface area contributed by atoms with E-state index in [1.165, 1.54) is 6.21 Å². The summed E-state index contributed by atoms with van der Waals surface area (Å²) < 4.78 is 10.7. The van der Waals surface area contributed by atoms with Gasteiger partial charge in [-0.05, 0) is 48.0 Å². The first-order valence-electron chi connectivity index (χ1n) is 9.51. The van der Waals surface area contributed by atoms with E-state index in [4.69, 9.17) is 9.47 Å². The third-order valence-electron chi connectivity index (χ3n) is 4.30. The van der Waals surface area contributed by atoms with E-state index in [1.807, 2.05) is 43.3 Å². The Hall–Kier alpha value is -3.87. The molecule has 0 aliphatic rings. The predicted molar refractivity (Wildman–Crippen MR) is 117 cm³/mol. The molecule has 7 heteroatoms. The van der Waals surface area contributed by atoms with Crippen LogP contribution in [0.15, 0.2) is 65.8 Å². The Morgan fingerprint density at radius 2 is 1.77 bits per heavy atom. The van der Waals surface area contributed by atoms with E-state index in [1.54, 1.807) is 31.4 Å². The molecular formula is C23H23N3O4. The third kappa shape index (κ3) is 5.35. The molecule has 0 unspecified atom stereocenters. The van der Waals surface area contributed by atoms with Gasteiger partial charge in [0.15, 0.2) is 0 Å². The standard InChI is InChI=1S/C23H23N3O4/c1-3-30-18-11-9-17(10-12-18)25-22(27)14-23(28)26-24-15-20-19-7-5-4-6-16(19)8-13-21(20)29-2/h4-13,15H,3,14H2,1-2H3,(H,25,27)(H,26,28). The normalized spacial score (nSPS) is 10.7. The number of rotatable bonds is 8. The van der Waals surface area contributed by atoms with Crippen LogP contribution in [-0.2, 0) is 9.59 Å². The first kappa shape index (κ1) is 20.9. The van der Waals surface area contributed by atoms with Crippen LogP contribution in [0.4, 0.5) is 5.69 Å². The number of anilines is 1. The highest BCUT2D eigenvalue weighted by Gasteiger charge is 2.10. The average molecular weight is 405 g/mol. The Labute approximate surface area is 174 Å². The zero-order valence-corrected chi connectivity index (χ0v) is 16.8. The molecule has 3 rings (SSSR count). The number of carbonyl (C=O) groups excluding carboxylic acids is 2. The van der Waals surface area contributed by atoms with Crippen LogP contribution in [0.2, 0.25) is 0 Å². The van der Waals surface area contributed by atoms with Crippen LogP contribution in [0.25, 0.3) is 10.8 Å². The van der Waals surface area contributed by atoms with Crippen LogP contribution in [0.1, 0.15) is 18.9 Å². The van der Waals surface area contributed by atoms with Crippen molar-refractivity contribution in [3.8, 4) is 11.5 Å². The van der Waals surface area contributed by atoms with Gasteiger partial charge in [-0.15, -0.1) is 0 Å². The smallest absolute Gasteiger partial charge is 0.249 e. The van der Waals surface area contributed by atoms with Gasteiger partial charge in [-0.2, -0.15) is 5.10 Å². The molecule has 0 saturated carbocycles. The highest BCUT2D eigenvalue weighted by atomic mass is 16.5. The molecule has 0 atom stereocenters. The molecule has 154 valence electrons. The zero-order chi connectivity index (χ0) is 21.3. The van der Waals surface area contributed by atoms with Crippen molar-refractivity contribution in [2.75, 3.05) is 19.0 Å². The maximum atomic E-state index is 12.1. The van der Waals surface area contributed by atoms with Crippen LogP contribution in [-0.4, -0.2) is 31.7 Å². The summed E-state index contributed by atoms with van der Waals surface area (Å²) in [5.41, 5.74) is 3.71. The number of hydrazone groups is 1. The summed E-state index contributed by atoms with van der Waals surface area (Å²) in [4.78, 5) is 24.1. The molecule has 0 bridgehead atoms. The maximum Gasteiger partial charge on any atom is 0.249 e. The minimum absolute atomic E-state index is 0.350. The molecule has 3 aromatic rings. The van der Waals surface area contributed by atoms with Gasteiger partial charge < -0.3 is 14.8 Å². The van der Waals surface area contributed by atoms with Gasteiger partial charge in [0.25, 0.3) is 0 Å². The molecular weight excluding hydrogens is 382 g/mol. The second-order valence-corrected chi connectivity index (χ2v) is 6.38. The summed E-state index contributed by atoms with van der Waals surface area (Å²) in [6, 6.07) is 18.5. The van der Waals surface area contributed by atoms with Crippen LogP contribution in [0, 0.1) is 0 Å². The quantitative estimate of drug-likeness (QED) is 0.340. The Morgan fingerprint density at radius 3 is 2.50 bits per heavy atom. The fourth-order valence-corrected chi connectivity index (χ4v) is 2.95. The molecule has 0 aliphatic carbocycles. The number of ether oxygens (including phenoxy) is 2. The largest absolute Gasteiger partial charge is 0.496 e. The highest BCUT2D eigenvalue weighted by Crippen LogP contribution is 2.26. The third-order valence-corrected chi connectivity index (χ3v) is 4.30. The number of fused-ring (bicyclic) bond motifs is 1. The lowest BCUT2D eigenvalue weighted by atomic mass is 10.0. The van der Waals surface area contributed by atoms with Crippen molar-refractivity contribution >= 4 is 34.5 Å². The van der Waals surface area contributed by atoms with Crippen LogP contribution < -0.4 is 20.2 Å². The van der Waals surface area contributed by atoms with Crippen molar-refractivity contribution in [3.05, 3.63) is 66.2 Å². The van der Waals surface area contributed by atoms with Crippen molar-refractivity contribution in [1.29, 1.82) is 0 Å². The van der Waals surface area contributed by atoms with E-state index in [9.17, 15) is 9.59 Å². The number of amides is 2. The lowest BCUT2D eigenvalue weighted by Crippen LogP contribution is -2.24. The first-order chi connectivity index (χ1) is 14.6. The second-order valence-electron chi connectivity index (χ2n) is 6.38. The average Bonchev–Trinajstić information content (AvgIpc) is 2.75. The summed E-state index contributed by atoms with van der Waals surface area (Å²) >= 11 is 0. The fourth-order valence-electron chi connectivity index (χ4n) is 2.95. The molecule has 0 aromatic heterocycles. The molecule has 30 heavy (non-hydrogen) atoms. The topological polar surface area (TPSA) is 89.0 Å². The Balaban J connectivity index is 1.58. The molecule has 2 N–H and O–H groups in total. The number of nitrogens with one attached hydrogen (secondary N) is 2. The number of hydrogen-bond acceptors (Lipinski definition) is 5. The van der Waals surface area contributed by atoms with Gasteiger partial charge in [0.05, 0.1) is 19.9 Å². The van der Waals surface area contributed by atoms with E-state index < -0.39 is 11.8 Å². The SMILES string of the molecule is CCOc1ccc(NC(=O)CC(=O)NN=Cc2c(OC)ccc3ccccc23)cc1.